The number of methoxy groups -OCH3 is 1. The lowest BCUT2D eigenvalue weighted by Gasteiger charge is -2.21. The van der Waals surface area contributed by atoms with Gasteiger partial charge >= 0.3 is 5.63 Å². The summed E-state index contributed by atoms with van der Waals surface area (Å²) in [6, 6.07) is 13.0. The SMILES string of the molecule is CCN(Cc1ccc(OC)c(F)c1)C(=O)c1cc2ccccc2oc1=O. The van der Waals surface area contributed by atoms with E-state index in [1.165, 1.54) is 30.2 Å². The van der Waals surface area contributed by atoms with E-state index in [1.54, 1.807) is 37.3 Å². The van der Waals surface area contributed by atoms with Gasteiger partial charge in [-0.25, -0.2) is 9.18 Å². The van der Waals surface area contributed by atoms with Crippen molar-refractivity contribution >= 4 is 16.9 Å². The largest absolute Gasteiger partial charge is 0.494 e. The van der Waals surface area contributed by atoms with E-state index in [1.807, 2.05) is 0 Å². The number of ether oxygens (including phenoxy) is 1. The third-order valence-electron chi connectivity index (χ3n) is 4.13. The van der Waals surface area contributed by atoms with E-state index < -0.39 is 17.3 Å². The fourth-order valence-electron chi connectivity index (χ4n) is 2.74. The molecular weight excluding hydrogens is 337 g/mol. The van der Waals surface area contributed by atoms with Gasteiger partial charge in [0.2, 0.25) is 0 Å². The molecule has 1 amide bonds. The second kappa shape index (κ2) is 7.39. The van der Waals surface area contributed by atoms with Crippen LogP contribution < -0.4 is 10.4 Å². The Morgan fingerprint density at radius 2 is 1.96 bits per heavy atom. The highest BCUT2D eigenvalue weighted by atomic mass is 19.1. The van der Waals surface area contributed by atoms with Crippen LogP contribution in [0, 0.1) is 5.82 Å². The van der Waals surface area contributed by atoms with Crippen molar-refractivity contribution in [3.8, 4) is 5.75 Å². The third-order valence-corrected chi connectivity index (χ3v) is 4.13. The van der Waals surface area contributed by atoms with Gasteiger partial charge in [0.1, 0.15) is 11.1 Å². The van der Waals surface area contributed by atoms with Crippen LogP contribution in [0.3, 0.4) is 0 Å². The molecule has 0 spiro atoms. The predicted molar refractivity (Wildman–Crippen MR) is 95.9 cm³/mol. The lowest BCUT2D eigenvalue weighted by molar-refractivity contribution is 0.0748. The van der Waals surface area contributed by atoms with E-state index in [4.69, 9.17) is 9.15 Å². The number of fused-ring (bicyclic) bond motifs is 1. The molecule has 134 valence electrons. The highest BCUT2D eigenvalue weighted by Gasteiger charge is 2.20. The van der Waals surface area contributed by atoms with Crippen molar-refractivity contribution in [3.05, 3.63) is 75.9 Å². The number of rotatable bonds is 5. The zero-order chi connectivity index (χ0) is 18.7. The molecular formula is C20H18FNO4. The number of para-hydroxylation sites is 1. The maximum absolute atomic E-state index is 13.9. The molecule has 0 unspecified atom stereocenters. The number of halogens is 1. The zero-order valence-corrected chi connectivity index (χ0v) is 14.5. The van der Waals surface area contributed by atoms with Crippen molar-refractivity contribution in [1.82, 2.24) is 4.90 Å². The van der Waals surface area contributed by atoms with E-state index in [0.29, 0.717) is 23.1 Å². The highest BCUT2D eigenvalue weighted by molar-refractivity contribution is 5.96. The molecule has 3 aromatic rings. The quantitative estimate of drug-likeness (QED) is 0.656. The molecule has 0 saturated carbocycles. The summed E-state index contributed by atoms with van der Waals surface area (Å²) in [4.78, 5) is 26.5. The first-order valence-electron chi connectivity index (χ1n) is 8.18. The van der Waals surface area contributed by atoms with Gasteiger partial charge in [0.05, 0.1) is 7.11 Å². The Bertz CT molecular complexity index is 1010. The molecule has 26 heavy (non-hydrogen) atoms. The maximum atomic E-state index is 13.9. The first kappa shape index (κ1) is 17.7. The van der Waals surface area contributed by atoms with E-state index in [9.17, 15) is 14.0 Å². The molecule has 2 aromatic carbocycles. The number of amides is 1. The molecule has 1 aromatic heterocycles. The molecule has 0 saturated heterocycles. The first-order chi connectivity index (χ1) is 12.5. The Labute approximate surface area is 149 Å². The summed E-state index contributed by atoms with van der Waals surface area (Å²) in [6.07, 6.45) is 0. The molecule has 0 bridgehead atoms. The van der Waals surface area contributed by atoms with Crippen LogP contribution in [0.1, 0.15) is 22.8 Å². The average Bonchev–Trinajstić information content (AvgIpc) is 2.65. The summed E-state index contributed by atoms with van der Waals surface area (Å²) in [7, 11) is 1.39. The normalized spacial score (nSPS) is 10.7. The topological polar surface area (TPSA) is 59.8 Å². The highest BCUT2D eigenvalue weighted by Crippen LogP contribution is 2.20. The van der Waals surface area contributed by atoms with Gasteiger partial charge in [0.15, 0.2) is 11.6 Å². The Morgan fingerprint density at radius 1 is 1.19 bits per heavy atom. The van der Waals surface area contributed by atoms with E-state index in [2.05, 4.69) is 0 Å². The lowest BCUT2D eigenvalue weighted by Crippen LogP contribution is -2.33. The summed E-state index contributed by atoms with van der Waals surface area (Å²) in [5, 5.41) is 0.669. The van der Waals surface area contributed by atoms with Gasteiger partial charge < -0.3 is 14.1 Å². The Hall–Kier alpha value is -3.15. The number of benzene rings is 2. The predicted octanol–water partition coefficient (Wildman–Crippen LogP) is 3.60. The van der Waals surface area contributed by atoms with Crippen LogP contribution in [0.4, 0.5) is 4.39 Å². The summed E-state index contributed by atoms with van der Waals surface area (Å²) >= 11 is 0. The molecule has 0 aliphatic rings. The lowest BCUT2D eigenvalue weighted by atomic mass is 10.1. The van der Waals surface area contributed by atoms with Gasteiger partial charge in [-0.15, -0.1) is 0 Å². The fraction of sp³-hybridized carbons (Fsp3) is 0.200. The van der Waals surface area contributed by atoms with Crippen molar-refractivity contribution in [3.63, 3.8) is 0 Å². The van der Waals surface area contributed by atoms with Crippen molar-refractivity contribution in [2.75, 3.05) is 13.7 Å². The summed E-state index contributed by atoms with van der Waals surface area (Å²) in [6.45, 7) is 2.32. The van der Waals surface area contributed by atoms with Gasteiger partial charge in [-0.2, -0.15) is 0 Å². The number of hydrogen-bond acceptors (Lipinski definition) is 4. The smallest absolute Gasteiger partial charge is 0.349 e. The molecule has 6 heteroatoms. The van der Waals surface area contributed by atoms with Gasteiger partial charge in [0.25, 0.3) is 5.91 Å². The van der Waals surface area contributed by atoms with Crippen LogP contribution in [0.15, 0.2) is 57.7 Å². The minimum absolute atomic E-state index is 0.0421. The van der Waals surface area contributed by atoms with Gasteiger partial charge in [-0.1, -0.05) is 24.3 Å². The second-order valence-corrected chi connectivity index (χ2v) is 5.77. The van der Waals surface area contributed by atoms with E-state index >= 15 is 0 Å². The van der Waals surface area contributed by atoms with Crippen LogP contribution >= 0.6 is 0 Å². The Balaban J connectivity index is 1.90. The molecule has 0 N–H and O–H groups in total. The van der Waals surface area contributed by atoms with Crippen LogP contribution in [-0.2, 0) is 6.54 Å². The zero-order valence-electron chi connectivity index (χ0n) is 14.5. The van der Waals surface area contributed by atoms with Gasteiger partial charge in [-0.05, 0) is 36.8 Å². The molecule has 0 aliphatic heterocycles. The number of nitrogens with zero attached hydrogens (tertiary/aromatic N) is 1. The Morgan fingerprint density at radius 3 is 2.65 bits per heavy atom. The van der Waals surface area contributed by atoms with Crippen LogP contribution in [0.2, 0.25) is 0 Å². The summed E-state index contributed by atoms with van der Waals surface area (Å²) in [5.74, 6) is -0.819. The Kier molecular flexibility index (Phi) is 5.02. The van der Waals surface area contributed by atoms with Crippen molar-refractivity contribution in [2.24, 2.45) is 0 Å². The molecule has 0 atom stereocenters. The summed E-state index contributed by atoms with van der Waals surface area (Å²) in [5.41, 5.74) is 0.297. The molecule has 0 radical (unpaired) electrons. The maximum Gasteiger partial charge on any atom is 0.349 e. The minimum atomic E-state index is -0.687. The van der Waals surface area contributed by atoms with Crippen LogP contribution in [0.5, 0.6) is 5.75 Å². The number of hydrogen-bond donors (Lipinski definition) is 0. The van der Waals surface area contributed by atoms with E-state index in [0.717, 1.165) is 0 Å². The average molecular weight is 355 g/mol. The molecule has 0 aliphatic carbocycles. The molecule has 1 heterocycles. The summed E-state index contributed by atoms with van der Waals surface area (Å²) < 4.78 is 24.0. The van der Waals surface area contributed by atoms with Crippen molar-refractivity contribution in [2.45, 2.75) is 13.5 Å². The van der Waals surface area contributed by atoms with Gasteiger partial charge in [0, 0.05) is 18.5 Å². The second-order valence-electron chi connectivity index (χ2n) is 5.77. The first-order valence-corrected chi connectivity index (χ1v) is 8.18. The van der Waals surface area contributed by atoms with Gasteiger partial charge in [-0.3, -0.25) is 4.79 Å². The van der Waals surface area contributed by atoms with Crippen molar-refractivity contribution < 1.29 is 18.3 Å². The third kappa shape index (κ3) is 3.44. The van der Waals surface area contributed by atoms with Crippen LogP contribution in [0.25, 0.3) is 11.0 Å². The standard InChI is InChI=1S/C20H18FNO4/c1-3-22(12-13-8-9-18(25-2)16(21)10-13)19(23)15-11-14-6-4-5-7-17(14)26-20(15)24/h4-11H,3,12H2,1-2H3. The van der Waals surface area contributed by atoms with Crippen LogP contribution in [-0.4, -0.2) is 24.5 Å². The van der Waals surface area contributed by atoms with E-state index in [-0.39, 0.29) is 17.9 Å². The molecule has 0 fully saturated rings. The number of carbonyl (C=O) groups excluding carboxylic acids is 1. The fourth-order valence-corrected chi connectivity index (χ4v) is 2.74. The van der Waals surface area contributed by atoms with Crippen molar-refractivity contribution in [1.29, 1.82) is 0 Å². The number of carbonyl (C=O) groups is 1. The molecule has 5 nitrogen and oxygen atoms in total. The monoisotopic (exact) mass is 355 g/mol. The minimum Gasteiger partial charge on any atom is -0.494 e. The molecule has 3 rings (SSSR count).